The molecule has 1 aliphatic rings. The maximum absolute atomic E-state index is 13.6. The molecular formula is C42H68O6Si2. The van der Waals surface area contributed by atoms with Gasteiger partial charge >= 0.3 is 11.9 Å². The summed E-state index contributed by atoms with van der Waals surface area (Å²) in [6.45, 7) is 27.0. The minimum Gasteiger partial charge on any atom is -0.481 e. The third-order valence-corrected chi connectivity index (χ3v) is 19.7. The van der Waals surface area contributed by atoms with E-state index in [1.54, 1.807) is 0 Å². The molecule has 3 atom stereocenters. The van der Waals surface area contributed by atoms with Crippen molar-refractivity contribution < 1.29 is 28.3 Å². The van der Waals surface area contributed by atoms with E-state index in [-0.39, 0.29) is 28.7 Å². The number of carbonyl (C=O) groups excluding carboxylic acids is 1. The number of benzene rings is 1. The summed E-state index contributed by atoms with van der Waals surface area (Å²) in [7, 11) is -4.35. The molecule has 0 unspecified atom stereocenters. The van der Waals surface area contributed by atoms with Crippen LogP contribution in [0.15, 0.2) is 77.4 Å². The fraction of sp³-hybridized carbons (Fsp3) is 0.619. The standard InChI is InChI=1S/C42H68O6Si2/c1-32(23-25-34-20-16-14-17-21-34)24-26-36(47-49(9,10)41(3,4)5)30-37-31-38(48-50(11,12)42(6,7)8)27-33(2)19-15-13-18-22-35(28-39(43)44)29-40(45)46-37/h13-14,16-21,23,29,36-38H,15,22,24-28,30-31H2,1-12H3,(H,43,44)/b18-13+,32-23+,33-19+,35-29+/t36-,37+,38-/m1/s1. The van der Waals surface area contributed by atoms with Crippen LogP contribution in [0.1, 0.15) is 112 Å². The van der Waals surface area contributed by atoms with Gasteiger partial charge in [0.2, 0.25) is 0 Å². The van der Waals surface area contributed by atoms with Crippen molar-refractivity contribution in [2.75, 3.05) is 0 Å². The summed E-state index contributed by atoms with van der Waals surface area (Å²) >= 11 is 0. The van der Waals surface area contributed by atoms with Crippen molar-refractivity contribution >= 4 is 28.6 Å². The van der Waals surface area contributed by atoms with E-state index in [1.165, 1.54) is 22.8 Å². The van der Waals surface area contributed by atoms with E-state index in [0.717, 1.165) is 32.1 Å². The van der Waals surface area contributed by atoms with Gasteiger partial charge in [-0.25, -0.2) is 4.79 Å². The highest BCUT2D eigenvalue weighted by molar-refractivity contribution is 6.74. The molecule has 6 nitrogen and oxygen atoms in total. The first kappa shape index (κ1) is 43.6. The van der Waals surface area contributed by atoms with Gasteiger partial charge in [-0.2, -0.15) is 0 Å². The highest BCUT2D eigenvalue weighted by Crippen LogP contribution is 2.40. The Morgan fingerprint density at radius 2 is 1.66 bits per heavy atom. The Bertz CT molecular complexity index is 1360. The Morgan fingerprint density at radius 1 is 1.02 bits per heavy atom. The molecule has 50 heavy (non-hydrogen) atoms. The second kappa shape index (κ2) is 19.3. The lowest BCUT2D eigenvalue weighted by Gasteiger charge is -2.41. The summed E-state index contributed by atoms with van der Waals surface area (Å²) in [6.07, 6.45) is 14.5. The SMILES string of the molecule is C/C(=C\Cc1ccccc1)CC[C@H](C[C@H]1C[C@H](O[Si](C)(C)C(C)(C)C)C/C(C)=C/C/C=C/C/C(CC(=O)O)=C\C(=O)O1)O[Si](C)(C)C(C)(C)C. The molecule has 0 amide bonds. The van der Waals surface area contributed by atoms with E-state index >= 15 is 0 Å². The third-order valence-electron chi connectivity index (χ3n) is 10.7. The molecule has 1 aliphatic heterocycles. The fourth-order valence-corrected chi connectivity index (χ4v) is 8.31. The van der Waals surface area contributed by atoms with Gasteiger partial charge in [-0.3, -0.25) is 4.79 Å². The van der Waals surface area contributed by atoms with Crippen LogP contribution in [0.25, 0.3) is 0 Å². The highest BCUT2D eigenvalue weighted by Gasteiger charge is 2.42. The van der Waals surface area contributed by atoms with Gasteiger partial charge in [0.1, 0.15) is 6.10 Å². The Labute approximate surface area is 306 Å². The molecule has 0 radical (unpaired) electrons. The Hall–Kier alpha value is -2.53. The Morgan fingerprint density at radius 3 is 2.26 bits per heavy atom. The van der Waals surface area contributed by atoms with E-state index in [0.29, 0.717) is 24.8 Å². The molecule has 0 bridgehead atoms. The van der Waals surface area contributed by atoms with Gasteiger partial charge in [0, 0.05) is 25.0 Å². The zero-order valence-electron chi connectivity index (χ0n) is 33.4. The lowest BCUT2D eigenvalue weighted by Crippen LogP contribution is -2.46. The average Bonchev–Trinajstić information content (AvgIpc) is 2.96. The summed E-state index contributed by atoms with van der Waals surface area (Å²) < 4.78 is 20.5. The van der Waals surface area contributed by atoms with Gasteiger partial charge < -0.3 is 18.7 Å². The van der Waals surface area contributed by atoms with Gasteiger partial charge in [0.05, 0.1) is 12.5 Å². The summed E-state index contributed by atoms with van der Waals surface area (Å²) in [4.78, 5) is 25.3. The number of allylic oxidation sites excluding steroid dienone is 5. The summed E-state index contributed by atoms with van der Waals surface area (Å²) in [5.41, 5.74) is 4.36. The van der Waals surface area contributed by atoms with Crippen molar-refractivity contribution in [3.63, 3.8) is 0 Å². The lowest BCUT2D eigenvalue weighted by atomic mass is 9.97. The van der Waals surface area contributed by atoms with Crippen LogP contribution in [0.5, 0.6) is 0 Å². The van der Waals surface area contributed by atoms with E-state index < -0.39 is 34.7 Å². The number of rotatable bonds is 13. The second-order valence-electron chi connectivity index (χ2n) is 17.3. The quantitative estimate of drug-likeness (QED) is 0.124. The second-order valence-corrected chi connectivity index (χ2v) is 26.9. The molecule has 1 aromatic carbocycles. The number of cyclic esters (lactones) is 1. The van der Waals surface area contributed by atoms with Crippen molar-refractivity contribution in [1.82, 2.24) is 0 Å². The highest BCUT2D eigenvalue weighted by atomic mass is 28.4. The molecule has 0 saturated heterocycles. The smallest absolute Gasteiger partial charge is 0.331 e. The molecule has 0 spiro atoms. The lowest BCUT2D eigenvalue weighted by molar-refractivity contribution is -0.145. The van der Waals surface area contributed by atoms with Crippen molar-refractivity contribution in [2.45, 2.75) is 168 Å². The number of carboxylic acids is 1. The molecule has 0 saturated carbocycles. The number of esters is 1. The molecule has 280 valence electrons. The molecule has 1 N–H and O–H groups in total. The number of carbonyl (C=O) groups is 2. The monoisotopic (exact) mass is 724 g/mol. The van der Waals surface area contributed by atoms with Crippen LogP contribution < -0.4 is 0 Å². The Balaban J connectivity index is 2.53. The van der Waals surface area contributed by atoms with Crippen LogP contribution in [-0.4, -0.2) is 52.0 Å². The van der Waals surface area contributed by atoms with Crippen LogP contribution >= 0.6 is 0 Å². The minimum absolute atomic E-state index is 0.0151. The first-order valence-corrected chi connectivity index (χ1v) is 24.4. The van der Waals surface area contributed by atoms with Crippen LogP contribution in [0, 0.1) is 0 Å². The normalized spacial score (nSPS) is 22.7. The van der Waals surface area contributed by atoms with Crippen LogP contribution in [-0.2, 0) is 29.6 Å². The molecular weight excluding hydrogens is 657 g/mol. The maximum Gasteiger partial charge on any atom is 0.331 e. The van der Waals surface area contributed by atoms with E-state index in [9.17, 15) is 14.7 Å². The molecule has 2 rings (SSSR count). The summed E-state index contributed by atoms with van der Waals surface area (Å²) in [6, 6.07) is 10.5. The molecule has 1 aromatic rings. The average molecular weight is 725 g/mol. The molecule has 0 aromatic heterocycles. The zero-order chi connectivity index (χ0) is 37.8. The number of aliphatic carboxylic acids is 1. The molecule has 1 heterocycles. The topological polar surface area (TPSA) is 82.1 Å². The van der Waals surface area contributed by atoms with Gasteiger partial charge in [0.25, 0.3) is 0 Å². The van der Waals surface area contributed by atoms with Crippen LogP contribution in [0.3, 0.4) is 0 Å². The van der Waals surface area contributed by atoms with Gasteiger partial charge in [-0.15, -0.1) is 0 Å². The van der Waals surface area contributed by atoms with Gasteiger partial charge in [-0.1, -0.05) is 107 Å². The van der Waals surface area contributed by atoms with Crippen molar-refractivity contribution in [1.29, 1.82) is 0 Å². The van der Waals surface area contributed by atoms with E-state index in [4.69, 9.17) is 13.6 Å². The molecule has 8 heteroatoms. The predicted octanol–water partition coefficient (Wildman–Crippen LogP) is 11.5. The van der Waals surface area contributed by atoms with Crippen LogP contribution in [0.4, 0.5) is 0 Å². The van der Waals surface area contributed by atoms with Crippen molar-refractivity contribution in [2.24, 2.45) is 0 Å². The summed E-state index contributed by atoms with van der Waals surface area (Å²) in [5, 5.41) is 9.59. The fourth-order valence-electron chi connectivity index (χ4n) is 5.54. The van der Waals surface area contributed by atoms with E-state index in [2.05, 4.69) is 118 Å². The first-order chi connectivity index (χ1) is 23.1. The van der Waals surface area contributed by atoms with E-state index in [1.807, 2.05) is 18.2 Å². The third kappa shape index (κ3) is 15.8. The predicted molar refractivity (Wildman–Crippen MR) is 213 cm³/mol. The number of hydrogen-bond donors (Lipinski definition) is 1. The number of carboxylic acid groups (broad SMARTS) is 1. The maximum atomic E-state index is 13.6. The zero-order valence-corrected chi connectivity index (χ0v) is 35.4. The number of hydrogen-bond acceptors (Lipinski definition) is 5. The number of ether oxygens (including phenoxy) is 1. The van der Waals surface area contributed by atoms with Crippen molar-refractivity contribution in [3.8, 4) is 0 Å². The summed E-state index contributed by atoms with van der Waals surface area (Å²) in [5.74, 6) is -1.47. The van der Waals surface area contributed by atoms with Crippen molar-refractivity contribution in [3.05, 3.63) is 83.0 Å². The van der Waals surface area contributed by atoms with Crippen LogP contribution in [0.2, 0.25) is 36.3 Å². The largest absolute Gasteiger partial charge is 0.481 e. The molecule has 0 aliphatic carbocycles. The molecule has 0 fully saturated rings. The Kier molecular flexibility index (Phi) is 16.9. The first-order valence-electron chi connectivity index (χ1n) is 18.6. The minimum atomic E-state index is -2.18. The van der Waals surface area contributed by atoms with Gasteiger partial charge in [0.15, 0.2) is 16.6 Å². The van der Waals surface area contributed by atoms with Gasteiger partial charge in [-0.05, 0) is 99.8 Å².